The fourth-order valence-electron chi connectivity index (χ4n) is 2.98. The van der Waals surface area contributed by atoms with Crippen molar-refractivity contribution in [3.8, 4) is 0 Å². The molecule has 150 valence electrons. The molecule has 1 amide bonds. The number of nitrogens with one attached hydrogen (secondary N) is 1. The fraction of sp³-hybridized carbons (Fsp3) is 0.619. The van der Waals surface area contributed by atoms with E-state index in [1.807, 2.05) is 31.2 Å². The number of alkyl carbamates (subject to hydrolysis) is 1. The number of benzene rings is 1. The van der Waals surface area contributed by atoms with Crippen LogP contribution in [0.1, 0.15) is 65.2 Å². The van der Waals surface area contributed by atoms with E-state index >= 15 is 0 Å². The molecule has 0 bridgehead atoms. The van der Waals surface area contributed by atoms with Gasteiger partial charge >= 0.3 is 12.1 Å². The zero-order valence-corrected chi connectivity index (χ0v) is 17.3. The lowest BCUT2D eigenvalue weighted by atomic mass is 9.86. The Morgan fingerprint density at radius 1 is 1.04 bits per heavy atom. The fourth-order valence-corrected chi connectivity index (χ4v) is 2.98. The van der Waals surface area contributed by atoms with Gasteiger partial charge in [-0.25, -0.2) is 9.59 Å². The van der Waals surface area contributed by atoms with Crippen molar-refractivity contribution in [1.82, 2.24) is 5.32 Å². The summed E-state index contributed by atoms with van der Waals surface area (Å²) in [5.74, 6) is -0.524. The predicted octanol–water partition coefficient (Wildman–Crippen LogP) is 4.06. The van der Waals surface area contributed by atoms with Crippen LogP contribution in [0.15, 0.2) is 24.3 Å². The second-order valence-corrected chi connectivity index (χ2v) is 9.01. The molecule has 6 nitrogen and oxygen atoms in total. The molecule has 1 N–H and O–H groups in total. The minimum absolute atomic E-state index is 0.305. The number of hydrogen-bond acceptors (Lipinski definition) is 5. The Morgan fingerprint density at radius 3 is 2.11 bits per heavy atom. The van der Waals surface area contributed by atoms with E-state index in [2.05, 4.69) is 5.32 Å². The molecule has 1 saturated heterocycles. The third kappa shape index (κ3) is 5.45. The van der Waals surface area contributed by atoms with Gasteiger partial charge in [-0.2, -0.15) is 0 Å². The Hall–Kier alpha value is -2.08. The molecule has 0 radical (unpaired) electrons. The molecule has 1 heterocycles. The second kappa shape index (κ2) is 7.50. The minimum Gasteiger partial charge on any atom is -0.458 e. The van der Waals surface area contributed by atoms with E-state index in [0.29, 0.717) is 13.0 Å². The van der Waals surface area contributed by atoms with Crippen LogP contribution in [-0.2, 0) is 19.0 Å². The smallest absolute Gasteiger partial charge is 0.408 e. The number of ether oxygens (including phenoxy) is 3. The summed E-state index contributed by atoms with van der Waals surface area (Å²) in [5, 5.41) is 2.77. The van der Waals surface area contributed by atoms with Crippen LogP contribution >= 0.6 is 0 Å². The van der Waals surface area contributed by atoms with Crippen LogP contribution in [0.5, 0.6) is 0 Å². The Labute approximate surface area is 161 Å². The van der Waals surface area contributed by atoms with Crippen molar-refractivity contribution in [3.05, 3.63) is 35.4 Å². The van der Waals surface area contributed by atoms with E-state index in [9.17, 15) is 9.59 Å². The first-order chi connectivity index (χ1) is 12.3. The summed E-state index contributed by atoms with van der Waals surface area (Å²) in [6.07, 6.45) is -1.02. The van der Waals surface area contributed by atoms with E-state index < -0.39 is 34.9 Å². The van der Waals surface area contributed by atoms with Crippen LogP contribution < -0.4 is 5.32 Å². The van der Waals surface area contributed by atoms with Gasteiger partial charge in [-0.3, -0.25) is 0 Å². The third-order valence-corrected chi connectivity index (χ3v) is 4.10. The summed E-state index contributed by atoms with van der Waals surface area (Å²) in [6, 6.07) is 7.71. The molecular formula is C21H31NO5. The molecule has 1 aliphatic rings. The van der Waals surface area contributed by atoms with Crippen LogP contribution in [0, 0.1) is 6.92 Å². The van der Waals surface area contributed by atoms with Crippen LogP contribution in [0.2, 0.25) is 0 Å². The first-order valence-corrected chi connectivity index (χ1v) is 9.25. The minimum atomic E-state index is -1.34. The van der Waals surface area contributed by atoms with Crippen molar-refractivity contribution in [2.45, 2.75) is 77.7 Å². The number of esters is 1. The topological polar surface area (TPSA) is 73.9 Å². The molecule has 6 heteroatoms. The molecule has 0 aromatic heterocycles. The van der Waals surface area contributed by atoms with Gasteiger partial charge in [-0.15, -0.1) is 0 Å². The molecule has 0 saturated carbocycles. The van der Waals surface area contributed by atoms with Crippen LogP contribution in [0.25, 0.3) is 0 Å². The van der Waals surface area contributed by atoms with Crippen molar-refractivity contribution in [3.63, 3.8) is 0 Å². The Balaban J connectivity index is 2.40. The van der Waals surface area contributed by atoms with E-state index in [-0.39, 0.29) is 0 Å². The zero-order valence-electron chi connectivity index (χ0n) is 17.3. The molecule has 2 rings (SSSR count). The number of aryl methyl sites for hydroxylation is 1. The number of carbonyl (C=O) groups is 2. The van der Waals surface area contributed by atoms with Gasteiger partial charge < -0.3 is 19.5 Å². The maximum Gasteiger partial charge on any atom is 0.408 e. The highest BCUT2D eigenvalue weighted by molar-refractivity contribution is 5.87. The second-order valence-electron chi connectivity index (χ2n) is 9.01. The first kappa shape index (κ1) is 21.2. The maximum absolute atomic E-state index is 13.2. The number of rotatable bonds is 3. The summed E-state index contributed by atoms with van der Waals surface area (Å²) in [6.45, 7) is 13.0. The van der Waals surface area contributed by atoms with Crippen LogP contribution in [-0.4, -0.2) is 35.4 Å². The quantitative estimate of drug-likeness (QED) is 0.804. The zero-order chi connectivity index (χ0) is 20.5. The lowest BCUT2D eigenvalue weighted by Crippen LogP contribution is -2.59. The highest BCUT2D eigenvalue weighted by Crippen LogP contribution is 2.40. The number of carbonyl (C=O) groups excluding carboxylic acids is 2. The molecule has 0 spiro atoms. The van der Waals surface area contributed by atoms with Crippen molar-refractivity contribution in [2.75, 3.05) is 6.61 Å². The molecule has 27 heavy (non-hydrogen) atoms. The average Bonchev–Trinajstić information content (AvgIpc) is 2.89. The van der Waals surface area contributed by atoms with Gasteiger partial charge in [-0.1, -0.05) is 29.8 Å². The molecule has 0 unspecified atom stereocenters. The molecule has 1 aliphatic heterocycles. The van der Waals surface area contributed by atoms with Crippen molar-refractivity contribution in [1.29, 1.82) is 0 Å². The van der Waals surface area contributed by atoms with Gasteiger partial charge in [0.1, 0.15) is 17.3 Å². The Bertz CT molecular complexity index is 684. The van der Waals surface area contributed by atoms with E-state index in [1.165, 1.54) is 0 Å². The third-order valence-electron chi connectivity index (χ3n) is 4.10. The largest absolute Gasteiger partial charge is 0.458 e. The standard InChI is InChI=1S/C21H31NO5/c1-14-8-10-15(11-9-14)16-21(12-13-25-16,17(23)26-19(2,3)4)22-18(24)27-20(5,6)7/h8-11,16H,12-13H2,1-7H3,(H,22,24)/t16-,21+/m1/s1. The van der Waals surface area contributed by atoms with E-state index in [0.717, 1.165) is 11.1 Å². The van der Waals surface area contributed by atoms with Crippen LogP contribution in [0.3, 0.4) is 0 Å². The van der Waals surface area contributed by atoms with Crippen molar-refractivity contribution in [2.24, 2.45) is 0 Å². The van der Waals surface area contributed by atoms with Gasteiger partial charge in [0.15, 0.2) is 5.54 Å². The molecule has 1 aromatic rings. The van der Waals surface area contributed by atoms with E-state index in [4.69, 9.17) is 14.2 Å². The van der Waals surface area contributed by atoms with Crippen molar-refractivity contribution >= 4 is 12.1 Å². The first-order valence-electron chi connectivity index (χ1n) is 9.25. The predicted molar refractivity (Wildman–Crippen MR) is 102 cm³/mol. The normalized spacial score (nSPS) is 23.0. The molecule has 1 fully saturated rings. The average molecular weight is 377 g/mol. The maximum atomic E-state index is 13.2. The SMILES string of the molecule is Cc1ccc([C@H]2OCC[C@@]2(NC(=O)OC(C)(C)C)C(=O)OC(C)(C)C)cc1. The van der Waals surface area contributed by atoms with Gasteiger partial charge in [0, 0.05) is 6.42 Å². The summed E-state index contributed by atoms with van der Waals surface area (Å²) in [7, 11) is 0. The van der Waals surface area contributed by atoms with Crippen molar-refractivity contribution < 1.29 is 23.8 Å². The highest BCUT2D eigenvalue weighted by Gasteiger charge is 2.55. The van der Waals surface area contributed by atoms with E-state index in [1.54, 1.807) is 41.5 Å². The van der Waals surface area contributed by atoms with Gasteiger partial charge in [0.2, 0.25) is 0 Å². The van der Waals surface area contributed by atoms with Gasteiger partial charge in [0.25, 0.3) is 0 Å². The summed E-state index contributed by atoms with van der Waals surface area (Å²) in [5.41, 5.74) is -0.817. The number of hydrogen-bond donors (Lipinski definition) is 1. The van der Waals surface area contributed by atoms with Gasteiger partial charge in [-0.05, 0) is 54.0 Å². The molecule has 2 atom stereocenters. The molecule has 1 aromatic carbocycles. The lowest BCUT2D eigenvalue weighted by Gasteiger charge is -2.36. The lowest BCUT2D eigenvalue weighted by molar-refractivity contribution is -0.166. The molecule has 0 aliphatic carbocycles. The van der Waals surface area contributed by atoms with Gasteiger partial charge in [0.05, 0.1) is 6.61 Å². The number of amides is 1. The molecular weight excluding hydrogens is 346 g/mol. The Kier molecular flexibility index (Phi) is 5.90. The summed E-state index contributed by atoms with van der Waals surface area (Å²) >= 11 is 0. The Morgan fingerprint density at radius 2 is 1.59 bits per heavy atom. The van der Waals surface area contributed by atoms with Crippen LogP contribution in [0.4, 0.5) is 4.79 Å². The summed E-state index contributed by atoms with van der Waals surface area (Å²) in [4.78, 5) is 25.7. The highest BCUT2D eigenvalue weighted by atomic mass is 16.6. The summed E-state index contributed by atoms with van der Waals surface area (Å²) < 4.78 is 16.9. The monoisotopic (exact) mass is 377 g/mol.